The first-order valence-corrected chi connectivity index (χ1v) is 11.5. The third-order valence-corrected chi connectivity index (χ3v) is 5.47. The van der Waals surface area contributed by atoms with Crippen LogP contribution in [0.5, 0.6) is 5.75 Å². The molecule has 2 aromatic heterocycles. The van der Waals surface area contributed by atoms with Gasteiger partial charge in [0.1, 0.15) is 18.2 Å². The molecule has 9 heteroatoms. The van der Waals surface area contributed by atoms with Gasteiger partial charge in [-0.15, -0.1) is 0 Å². The fourth-order valence-electron chi connectivity index (χ4n) is 3.52. The van der Waals surface area contributed by atoms with Gasteiger partial charge in [0.15, 0.2) is 11.4 Å². The van der Waals surface area contributed by atoms with E-state index in [0.717, 1.165) is 6.42 Å². The van der Waals surface area contributed by atoms with E-state index in [1.54, 1.807) is 6.07 Å². The molecule has 0 aliphatic rings. The number of aromatic amines is 1. The number of carbonyl (C=O) groups excluding carboxylic acids is 1. The topological polar surface area (TPSA) is 124 Å². The van der Waals surface area contributed by atoms with Crippen LogP contribution in [0.3, 0.4) is 0 Å². The Hall–Kier alpha value is -3.75. The smallest absolute Gasteiger partial charge is 0.330 e. The summed E-state index contributed by atoms with van der Waals surface area (Å²) in [5, 5.41) is 0. The third-order valence-electron chi connectivity index (χ3n) is 5.47. The SMILES string of the molecule is CCCCn1c(N)c(N(CCC(C)C)C(=O)c2occc2COc2ccccc2)c(=O)[nH]c1=O. The van der Waals surface area contributed by atoms with Crippen LogP contribution in [0, 0.1) is 5.92 Å². The normalized spacial score (nSPS) is 11.1. The lowest BCUT2D eigenvalue weighted by atomic mass is 10.1. The fraction of sp³-hybridized carbons (Fsp3) is 0.400. The molecule has 0 fully saturated rings. The Balaban J connectivity index is 1.98. The number of rotatable bonds is 11. The monoisotopic (exact) mass is 468 g/mol. The number of nitrogens with one attached hydrogen (secondary N) is 1. The molecule has 34 heavy (non-hydrogen) atoms. The second kappa shape index (κ2) is 11.4. The number of para-hydroxylation sites is 1. The summed E-state index contributed by atoms with van der Waals surface area (Å²) in [4.78, 5) is 42.5. The molecule has 0 unspecified atom stereocenters. The van der Waals surface area contributed by atoms with Gasteiger partial charge in [0.25, 0.3) is 11.5 Å². The van der Waals surface area contributed by atoms with Crippen molar-refractivity contribution in [3.63, 3.8) is 0 Å². The highest BCUT2D eigenvalue weighted by atomic mass is 16.5. The first-order chi connectivity index (χ1) is 16.3. The molecule has 0 atom stereocenters. The summed E-state index contributed by atoms with van der Waals surface area (Å²) in [6, 6.07) is 10.9. The molecule has 0 bridgehead atoms. The summed E-state index contributed by atoms with van der Waals surface area (Å²) >= 11 is 0. The zero-order chi connectivity index (χ0) is 24.7. The predicted octanol–water partition coefficient (Wildman–Crippen LogP) is 3.78. The summed E-state index contributed by atoms with van der Waals surface area (Å²) in [6.07, 6.45) is 3.57. The van der Waals surface area contributed by atoms with Crippen LogP contribution in [-0.2, 0) is 13.2 Å². The van der Waals surface area contributed by atoms with Crippen LogP contribution in [0.2, 0.25) is 0 Å². The molecule has 1 amide bonds. The van der Waals surface area contributed by atoms with Gasteiger partial charge in [-0.3, -0.25) is 24.0 Å². The number of nitrogens with zero attached hydrogens (tertiary/aromatic N) is 2. The number of anilines is 2. The van der Waals surface area contributed by atoms with Crippen LogP contribution in [0.1, 0.15) is 56.2 Å². The predicted molar refractivity (Wildman–Crippen MR) is 131 cm³/mol. The Labute approximate surface area is 198 Å². The van der Waals surface area contributed by atoms with Crippen LogP contribution in [-0.4, -0.2) is 22.0 Å². The molecule has 1 aromatic carbocycles. The van der Waals surface area contributed by atoms with Crippen molar-refractivity contribution in [3.8, 4) is 5.75 Å². The second-order valence-electron chi connectivity index (χ2n) is 8.51. The standard InChI is InChI=1S/C25H32N4O5/c1-4-5-13-29-22(26)20(23(30)27-25(29)32)28(14-11-17(2)3)24(31)21-18(12-15-33-21)16-34-19-9-7-6-8-10-19/h6-10,12,15,17H,4-5,11,13-14,16,26H2,1-3H3,(H,27,30,32). The van der Waals surface area contributed by atoms with E-state index in [9.17, 15) is 14.4 Å². The minimum absolute atomic E-state index is 0.0343. The first kappa shape index (κ1) is 24.9. The van der Waals surface area contributed by atoms with Crippen molar-refractivity contribution in [2.24, 2.45) is 5.92 Å². The van der Waals surface area contributed by atoms with Crippen molar-refractivity contribution in [3.05, 3.63) is 74.8 Å². The van der Waals surface area contributed by atoms with E-state index in [2.05, 4.69) is 4.98 Å². The number of aromatic nitrogens is 2. The number of ether oxygens (including phenoxy) is 1. The van der Waals surface area contributed by atoms with E-state index in [4.69, 9.17) is 14.9 Å². The molecule has 0 radical (unpaired) electrons. The molecule has 2 heterocycles. The highest BCUT2D eigenvalue weighted by Crippen LogP contribution is 2.24. The minimum Gasteiger partial charge on any atom is -0.489 e. The van der Waals surface area contributed by atoms with Crippen LogP contribution < -0.4 is 26.6 Å². The number of hydrogen-bond acceptors (Lipinski definition) is 6. The van der Waals surface area contributed by atoms with Crippen molar-refractivity contribution in [2.45, 2.75) is 53.2 Å². The average molecular weight is 469 g/mol. The maximum absolute atomic E-state index is 13.6. The molecule has 3 rings (SSSR count). The van der Waals surface area contributed by atoms with Gasteiger partial charge in [-0.05, 0) is 37.0 Å². The van der Waals surface area contributed by atoms with E-state index in [1.807, 2.05) is 51.1 Å². The largest absolute Gasteiger partial charge is 0.489 e. The number of amides is 1. The lowest BCUT2D eigenvalue weighted by Gasteiger charge is -2.25. The Morgan fingerprint density at radius 3 is 2.62 bits per heavy atom. The molecule has 0 aliphatic heterocycles. The molecular weight excluding hydrogens is 436 g/mol. The summed E-state index contributed by atoms with van der Waals surface area (Å²) < 4.78 is 12.6. The summed E-state index contributed by atoms with van der Waals surface area (Å²) in [6.45, 7) is 6.71. The number of nitrogens with two attached hydrogens (primary N) is 1. The molecular formula is C25H32N4O5. The first-order valence-electron chi connectivity index (χ1n) is 11.5. The highest BCUT2D eigenvalue weighted by molar-refractivity contribution is 6.06. The molecule has 0 saturated carbocycles. The summed E-state index contributed by atoms with van der Waals surface area (Å²) in [5.74, 6) is 0.425. The zero-order valence-electron chi connectivity index (χ0n) is 19.9. The molecule has 0 spiro atoms. The fourth-order valence-corrected chi connectivity index (χ4v) is 3.52. The number of hydrogen-bond donors (Lipinski definition) is 2. The lowest BCUT2D eigenvalue weighted by molar-refractivity contribution is 0.0955. The highest BCUT2D eigenvalue weighted by Gasteiger charge is 2.29. The van der Waals surface area contributed by atoms with Crippen molar-refractivity contribution in [1.82, 2.24) is 9.55 Å². The minimum atomic E-state index is -0.707. The van der Waals surface area contributed by atoms with E-state index >= 15 is 0 Å². The lowest BCUT2D eigenvalue weighted by Crippen LogP contribution is -2.42. The van der Waals surface area contributed by atoms with Gasteiger partial charge in [-0.1, -0.05) is 45.4 Å². The van der Waals surface area contributed by atoms with Crippen LogP contribution in [0.4, 0.5) is 11.5 Å². The van der Waals surface area contributed by atoms with E-state index in [0.29, 0.717) is 30.7 Å². The van der Waals surface area contributed by atoms with Gasteiger partial charge in [-0.25, -0.2) is 4.79 Å². The van der Waals surface area contributed by atoms with Gasteiger partial charge in [0.05, 0.1) is 6.26 Å². The molecule has 3 aromatic rings. The van der Waals surface area contributed by atoms with Gasteiger partial charge >= 0.3 is 5.69 Å². The van der Waals surface area contributed by atoms with E-state index in [-0.39, 0.29) is 36.3 Å². The Bertz CT molecular complexity index is 1210. The number of unbranched alkanes of at least 4 members (excludes halogenated alkanes) is 1. The van der Waals surface area contributed by atoms with E-state index in [1.165, 1.54) is 15.7 Å². The number of H-pyrrole nitrogens is 1. The van der Waals surface area contributed by atoms with Gasteiger partial charge in [0, 0.05) is 18.7 Å². The number of carbonyl (C=O) groups is 1. The molecule has 9 nitrogen and oxygen atoms in total. The molecule has 0 saturated heterocycles. The molecule has 0 aliphatic carbocycles. The van der Waals surface area contributed by atoms with Gasteiger partial charge in [-0.2, -0.15) is 0 Å². The molecule has 182 valence electrons. The maximum Gasteiger partial charge on any atom is 0.330 e. The Kier molecular flexibility index (Phi) is 8.34. The Morgan fingerprint density at radius 1 is 1.21 bits per heavy atom. The summed E-state index contributed by atoms with van der Waals surface area (Å²) in [7, 11) is 0. The van der Waals surface area contributed by atoms with E-state index < -0.39 is 17.2 Å². The molecule has 3 N–H and O–H groups in total. The van der Waals surface area contributed by atoms with Crippen molar-refractivity contribution in [2.75, 3.05) is 17.2 Å². The number of furan rings is 1. The second-order valence-corrected chi connectivity index (χ2v) is 8.51. The van der Waals surface area contributed by atoms with Crippen LogP contribution in [0.25, 0.3) is 0 Å². The maximum atomic E-state index is 13.6. The quantitative estimate of drug-likeness (QED) is 0.441. The van der Waals surface area contributed by atoms with Crippen molar-refractivity contribution in [1.29, 1.82) is 0 Å². The average Bonchev–Trinajstić information content (AvgIpc) is 3.28. The zero-order valence-corrected chi connectivity index (χ0v) is 19.9. The van der Waals surface area contributed by atoms with Crippen molar-refractivity contribution >= 4 is 17.4 Å². The van der Waals surface area contributed by atoms with Gasteiger partial charge < -0.3 is 14.9 Å². The number of benzene rings is 1. The summed E-state index contributed by atoms with van der Waals surface area (Å²) in [5.41, 5.74) is 5.48. The third kappa shape index (κ3) is 5.78. The van der Waals surface area contributed by atoms with Gasteiger partial charge in [0.2, 0.25) is 0 Å². The Morgan fingerprint density at radius 2 is 1.94 bits per heavy atom. The number of nitrogen functional groups attached to an aromatic ring is 1. The van der Waals surface area contributed by atoms with Crippen LogP contribution >= 0.6 is 0 Å². The van der Waals surface area contributed by atoms with Crippen LogP contribution in [0.15, 0.2) is 56.7 Å². The van der Waals surface area contributed by atoms with Crippen molar-refractivity contribution < 1.29 is 13.9 Å².